The van der Waals surface area contributed by atoms with Crippen LogP contribution in [0.15, 0.2) is 33.9 Å². The molecule has 2 rings (SSSR count). The van der Waals surface area contributed by atoms with Crippen molar-refractivity contribution in [2.75, 3.05) is 0 Å². The van der Waals surface area contributed by atoms with Crippen LogP contribution in [0, 0.1) is 12.7 Å². The number of benzene rings is 1. The fourth-order valence-corrected chi connectivity index (χ4v) is 4.28. The molecule has 1 aromatic heterocycles. The number of rotatable bonds is 5. The summed E-state index contributed by atoms with van der Waals surface area (Å²) in [4.78, 5) is -0.0648. The Hall–Kier alpha value is -1.28. The quantitative estimate of drug-likeness (QED) is 0.886. The van der Waals surface area contributed by atoms with Gasteiger partial charge < -0.3 is 5.73 Å². The molecule has 0 amide bonds. The molecular weight excluding hydrogens is 311 g/mol. The van der Waals surface area contributed by atoms with Crippen LogP contribution in [0.25, 0.3) is 0 Å². The monoisotopic (exact) mass is 328 g/mol. The number of nitrogens with two attached hydrogens (primary N) is 1. The standard InChI is InChI=1S/C14H17FN2O2S2/c1-9-13(15)5-11(7-16)6-14(9)21(18,19)17-10(2)12-3-4-20-8-12/h3-6,8,10,17H,7,16H2,1-2H3. The van der Waals surface area contributed by atoms with Crippen molar-refractivity contribution < 1.29 is 12.8 Å². The van der Waals surface area contributed by atoms with Gasteiger partial charge in [0.25, 0.3) is 0 Å². The van der Waals surface area contributed by atoms with Gasteiger partial charge in [-0.1, -0.05) is 0 Å². The van der Waals surface area contributed by atoms with E-state index in [0.717, 1.165) is 5.56 Å². The number of thiophene rings is 1. The summed E-state index contributed by atoms with van der Waals surface area (Å²) in [5, 5.41) is 3.75. The maximum atomic E-state index is 13.8. The smallest absolute Gasteiger partial charge is 0.241 e. The van der Waals surface area contributed by atoms with E-state index in [1.54, 1.807) is 6.92 Å². The molecule has 1 unspecified atom stereocenters. The van der Waals surface area contributed by atoms with Crippen molar-refractivity contribution in [2.45, 2.75) is 31.3 Å². The van der Waals surface area contributed by atoms with Crippen LogP contribution in [0.5, 0.6) is 0 Å². The minimum Gasteiger partial charge on any atom is -0.326 e. The lowest BCUT2D eigenvalue weighted by molar-refractivity contribution is 0.561. The predicted octanol–water partition coefficient (Wildman–Crippen LogP) is 2.69. The highest BCUT2D eigenvalue weighted by molar-refractivity contribution is 7.89. The van der Waals surface area contributed by atoms with Gasteiger partial charge in [0.05, 0.1) is 4.90 Å². The summed E-state index contributed by atoms with van der Waals surface area (Å²) < 4.78 is 41.3. The van der Waals surface area contributed by atoms with Crippen LogP contribution >= 0.6 is 11.3 Å². The van der Waals surface area contributed by atoms with Gasteiger partial charge in [-0.15, -0.1) is 0 Å². The minimum atomic E-state index is -3.81. The number of hydrogen-bond donors (Lipinski definition) is 2. The van der Waals surface area contributed by atoms with E-state index in [0.29, 0.717) is 5.56 Å². The van der Waals surface area contributed by atoms with Gasteiger partial charge in [0, 0.05) is 18.2 Å². The molecule has 7 heteroatoms. The van der Waals surface area contributed by atoms with Crippen LogP contribution in [0.4, 0.5) is 4.39 Å². The van der Waals surface area contributed by atoms with E-state index in [1.165, 1.54) is 30.4 Å². The third-order valence-corrected chi connectivity index (χ3v) is 5.63. The van der Waals surface area contributed by atoms with Crippen molar-refractivity contribution in [1.29, 1.82) is 0 Å². The average molecular weight is 328 g/mol. The number of hydrogen-bond acceptors (Lipinski definition) is 4. The summed E-state index contributed by atoms with van der Waals surface area (Å²) in [7, 11) is -3.81. The number of sulfonamides is 1. The Morgan fingerprint density at radius 1 is 1.43 bits per heavy atom. The molecule has 0 saturated carbocycles. The molecule has 0 saturated heterocycles. The molecule has 4 nitrogen and oxygen atoms in total. The molecule has 1 atom stereocenters. The van der Waals surface area contributed by atoms with Crippen molar-refractivity contribution in [3.05, 3.63) is 51.5 Å². The normalized spacial score (nSPS) is 13.3. The SMILES string of the molecule is Cc1c(F)cc(CN)cc1S(=O)(=O)NC(C)c1ccsc1. The molecule has 0 fully saturated rings. The van der Waals surface area contributed by atoms with Gasteiger partial charge in [0.1, 0.15) is 5.82 Å². The maximum Gasteiger partial charge on any atom is 0.241 e. The third kappa shape index (κ3) is 3.49. The van der Waals surface area contributed by atoms with Gasteiger partial charge in [0.2, 0.25) is 10.0 Å². The lowest BCUT2D eigenvalue weighted by Gasteiger charge is -2.15. The molecule has 1 aromatic carbocycles. The highest BCUT2D eigenvalue weighted by Gasteiger charge is 2.22. The molecule has 0 aliphatic carbocycles. The first kappa shape index (κ1) is 16.1. The molecule has 3 N–H and O–H groups in total. The summed E-state index contributed by atoms with van der Waals surface area (Å²) in [6.45, 7) is 3.28. The highest BCUT2D eigenvalue weighted by Crippen LogP contribution is 2.23. The lowest BCUT2D eigenvalue weighted by Crippen LogP contribution is -2.27. The van der Waals surface area contributed by atoms with Gasteiger partial charge in [-0.2, -0.15) is 11.3 Å². The van der Waals surface area contributed by atoms with Gasteiger partial charge in [-0.3, -0.25) is 0 Å². The van der Waals surface area contributed by atoms with Crippen LogP contribution in [0.1, 0.15) is 29.7 Å². The average Bonchev–Trinajstić information content (AvgIpc) is 2.95. The largest absolute Gasteiger partial charge is 0.326 e. The molecular formula is C14H17FN2O2S2. The number of nitrogens with one attached hydrogen (secondary N) is 1. The van der Waals surface area contributed by atoms with Crippen LogP contribution in [-0.4, -0.2) is 8.42 Å². The topological polar surface area (TPSA) is 72.2 Å². The van der Waals surface area contributed by atoms with Crippen LogP contribution in [-0.2, 0) is 16.6 Å². The second kappa shape index (κ2) is 6.23. The zero-order valence-corrected chi connectivity index (χ0v) is 13.4. The van der Waals surface area contributed by atoms with Gasteiger partial charge in [-0.25, -0.2) is 17.5 Å². The van der Waals surface area contributed by atoms with Gasteiger partial charge in [0.15, 0.2) is 0 Å². The molecule has 21 heavy (non-hydrogen) atoms. The molecule has 0 bridgehead atoms. The predicted molar refractivity (Wildman–Crippen MR) is 82.1 cm³/mol. The fraction of sp³-hybridized carbons (Fsp3) is 0.286. The summed E-state index contributed by atoms with van der Waals surface area (Å²) in [6, 6.07) is 4.14. The zero-order valence-electron chi connectivity index (χ0n) is 11.8. The second-order valence-electron chi connectivity index (χ2n) is 4.80. The molecule has 0 spiro atoms. The Morgan fingerprint density at radius 3 is 2.71 bits per heavy atom. The highest BCUT2D eigenvalue weighted by atomic mass is 32.2. The van der Waals surface area contributed by atoms with Gasteiger partial charge in [-0.05, 0) is 53.9 Å². The van der Waals surface area contributed by atoms with Crippen LogP contribution in [0.3, 0.4) is 0 Å². The summed E-state index contributed by atoms with van der Waals surface area (Å²) in [5.41, 5.74) is 6.89. The maximum absolute atomic E-state index is 13.8. The van der Waals surface area contributed by atoms with Crippen LogP contribution in [0.2, 0.25) is 0 Å². The van der Waals surface area contributed by atoms with Crippen molar-refractivity contribution in [3.63, 3.8) is 0 Å². The van der Waals surface area contributed by atoms with E-state index in [4.69, 9.17) is 5.73 Å². The van der Waals surface area contributed by atoms with Gasteiger partial charge >= 0.3 is 0 Å². The Kier molecular flexibility index (Phi) is 4.77. The Bertz CT molecular complexity index is 728. The Labute approximate surface area is 127 Å². The first-order valence-electron chi connectivity index (χ1n) is 6.38. The van der Waals surface area contributed by atoms with E-state index >= 15 is 0 Å². The summed E-state index contributed by atoms with van der Waals surface area (Å²) >= 11 is 1.49. The number of halogens is 1. The van der Waals surface area contributed by atoms with Crippen LogP contribution < -0.4 is 10.5 Å². The van der Waals surface area contributed by atoms with Crippen molar-refractivity contribution in [3.8, 4) is 0 Å². The fourth-order valence-electron chi connectivity index (χ4n) is 1.99. The van der Waals surface area contributed by atoms with E-state index in [1.807, 2.05) is 16.8 Å². The Morgan fingerprint density at radius 2 is 2.14 bits per heavy atom. The molecule has 0 aliphatic heterocycles. The van der Waals surface area contributed by atoms with E-state index < -0.39 is 15.8 Å². The second-order valence-corrected chi connectivity index (χ2v) is 7.27. The van der Waals surface area contributed by atoms with E-state index in [2.05, 4.69) is 4.72 Å². The molecule has 1 heterocycles. The van der Waals surface area contributed by atoms with Crippen molar-refractivity contribution in [2.24, 2.45) is 5.73 Å². The molecule has 0 aliphatic rings. The molecule has 2 aromatic rings. The third-order valence-electron chi connectivity index (χ3n) is 3.26. The summed E-state index contributed by atoms with van der Waals surface area (Å²) in [5.74, 6) is -0.568. The first-order valence-corrected chi connectivity index (χ1v) is 8.81. The summed E-state index contributed by atoms with van der Waals surface area (Å²) in [6.07, 6.45) is 0. The molecule has 114 valence electrons. The van der Waals surface area contributed by atoms with Crippen molar-refractivity contribution >= 4 is 21.4 Å². The Balaban J connectivity index is 2.38. The van der Waals surface area contributed by atoms with Crippen molar-refractivity contribution in [1.82, 2.24) is 4.72 Å². The van der Waals surface area contributed by atoms with E-state index in [9.17, 15) is 12.8 Å². The minimum absolute atomic E-state index is 0.0648. The zero-order chi connectivity index (χ0) is 15.6. The first-order chi connectivity index (χ1) is 9.85. The lowest BCUT2D eigenvalue weighted by atomic mass is 10.1. The molecule has 0 radical (unpaired) electrons. The van der Waals surface area contributed by atoms with E-state index in [-0.39, 0.29) is 23.0 Å².